The van der Waals surface area contributed by atoms with E-state index in [1.807, 2.05) is 26.0 Å². The third-order valence-electron chi connectivity index (χ3n) is 3.74. The van der Waals surface area contributed by atoms with Crippen LogP contribution in [0, 0.1) is 20.8 Å². The van der Waals surface area contributed by atoms with Crippen LogP contribution in [0.1, 0.15) is 26.4 Å². The highest BCUT2D eigenvalue weighted by Crippen LogP contribution is 2.32. The molecule has 0 aliphatic heterocycles. The Morgan fingerprint density at radius 1 is 1.11 bits per heavy atom. The molecule has 0 aliphatic rings. The van der Waals surface area contributed by atoms with E-state index in [1.54, 1.807) is 19.1 Å². The summed E-state index contributed by atoms with van der Waals surface area (Å²) in [6.07, 6.45) is 0. The molecule has 0 unspecified atom stereocenters. The SMILES string of the molecule is COC(=O)c1c(NC(=O)COC(=O)COc2cccc(C)c2)sc(C)c1C. The molecule has 0 saturated heterocycles. The Morgan fingerprint density at radius 2 is 1.85 bits per heavy atom. The zero-order chi connectivity index (χ0) is 20.0. The minimum atomic E-state index is -0.668. The fourth-order valence-corrected chi connectivity index (χ4v) is 3.33. The number of aryl methyl sites for hydroxylation is 2. The Hall–Kier alpha value is -2.87. The topological polar surface area (TPSA) is 90.9 Å². The van der Waals surface area contributed by atoms with Crippen molar-refractivity contribution in [1.29, 1.82) is 0 Å². The molecule has 1 aromatic carbocycles. The lowest BCUT2D eigenvalue weighted by atomic mass is 10.1. The van der Waals surface area contributed by atoms with Crippen LogP contribution in [0.4, 0.5) is 5.00 Å². The maximum atomic E-state index is 12.0. The van der Waals surface area contributed by atoms with Gasteiger partial charge >= 0.3 is 11.9 Å². The zero-order valence-corrected chi connectivity index (χ0v) is 16.4. The first-order valence-corrected chi connectivity index (χ1v) is 8.96. The number of amides is 1. The summed E-state index contributed by atoms with van der Waals surface area (Å²) in [5.41, 5.74) is 2.05. The van der Waals surface area contributed by atoms with Crippen molar-refractivity contribution in [3.8, 4) is 5.75 Å². The first-order valence-electron chi connectivity index (χ1n) is 8.15. The Morgan fingerprint density at radius 3 is 2.52 bits per heavy atom. The molecule has 2 rings (SSSR count). The van der Waals surface area contributed by atoms with Crippen LogP contribution in [-0.2, 0) is 19.1 Å². The molecule has 1 aromatic heterocycles. The van der Waals surface area contributed by atoms with Gasteiger partial charge in [-0.05, 0) is 44.0 Å². The van der Waals surface area contributed by atoms with E-state index in [1.165, 1.54) is 18.4 Å². The normalized spacial score (nSPS) is 10.2. The predicted molar refractivity (Wildman–Crippen MR) is 101 cm³/mol. The molecule has 1 N–H and O–H groups in total. The largest absolute Gasteiger partial charge is 0.482 e. The van der Waals surface area contributed by atoms with Gasteiger partial charge in [-0.2, -0.15) is 0 Å². The van der Waals surface area contributed by atoms with Crippen LogP contribution in [0.25, 0.3) is 0 Å². The van der Waals surface area contributed by atoms with Crippen molar-refractivity contribution in [3.63, 3.8) is 0 Å². The summed E-state index contributed by atoms with van der Waals surface area (Å²) in [5.74, 6) is -1.21. The molecule has 7 nitrogen and oxygen atoms in total. The Bertz CT molecular complexity index is 858. The fourth-order valence-electron chi connectivity index (χ4n) is 2.26. The van der Waals surface area contributed by atoms with Crippen LogP contribution in [0.5, 0.6) is 5.75 Å². The molecule has 1 amide bonds. The average Bonchev–Trinajstić information content (AvgIpc) is 2.91. The molecule has 0 atom stereocenters. The number of rotatable bonds is 7. The van der Waals surface area contributed by atoms with Gasteiger partial charge in [0.25, 0.3) is 5.91 Å². The standard InChI is InChI=1S/C19H21NO6S/c1-11-6-5-7-14(8-11)25-10-16(22)26-9-15(21)20-18-17(19(23)24-4)12(2)13(3)27-18/h5-8H,9-10H2,1-4H3,(H,20,21). The van der Waals surface area contributed by atoms with Crippen molar-refractivity contribution in [2.45, 2.75) is 20.8 Å². The summed E-state index contributed by atoms with van der Waals surface area (Å²) >= 11 is 1.26. The van der Waals surface area contributed by atoms with Crippen LogP contribution in [0.2, 0.25) is 0 Å². The van der Waals surface area contributed by atoms with Crippen LogP contribution in [0.15, 0.2) is 24.3 Å². The van der Waals surface area contributed by atoms with Gasteiger partial charge in [0.1, 0.15) is 10.8 Å². The maximum Gasteiger partial charge on any atom is 0.344 e. The molecule has 0 saturated carbocycles. The third-order valence-corrected chi connectivity index (χ3v) is 4.86. The molecule has 1 heterocycles. The van der Waals surface area contributed by atoms with Crippen molar-refractivity contribution in [2.75, 3.05) is 25.6 Å². The van der Waals surface area contributed by atoms with E-state index in [2.05, 4.69) is 5.32 Å². The van der Waals surface area contributed by atoms with Gasteiger partial charge < -0.3 is 19.5 Å². The van der Waals surface area contributed by atoms with E-state index in [4.69, 9.17) is 14.2 Å². The molecule has 144 valence electrons. The van der Waals surface area contributed by atoms with Crippen LogP contribution in [0.3, 0.4) is 0 Å². The lowest BCUT2D eigenvalue weighted by Crippen LogP contribution is -2.24. The van der Waals surface area contributed by atoms with Gasteiger partial charge in [0.05, 0.1) is 12.7 Å². The molecule has 0 bridgehead atoms. The number of methoxy groups -OCH3 is 1. The summed E-state index contributed by atoms with van der Waals surface area (Å²) in [5, 5.41) is 2.95. The molecular formula is C19H21NO6S. The molecular weight excluding hydrogens is 370 g/mol. The Balaban J connectivity index is 1.86. The molecule has 0 radical (unpaired) electrons. The van der Waals surface area contributed by atoms with Gasteiger partial charge in [0, 0.05) is 4.88 Å². The first-order chi connectivity index (χ1) is 12.8. The second kappa shape index (κ2) is 9.18. The van der Waals surface area contributed by atoms with E-state index >= 15 is 0 Å². The summed E-state index contributed by atoms with van der Waals surface area (Å²) in [7, 11) is 1.27. The second-order valence-corrected chi connectivity index (χ2v) is 7.02. The molecule has 0 fully saturated rings. The lowest BCUT2D eigenvalue weighted by Gasteiger charge is -2.08. The van der Waals surface area contributed by atoms with E-state index in [-0.39, 0.29) is 6.61 Å². The van der Waals surface area contributed by atoms with Crippen molar-refractivity contribution in [2.24, 2.45) is 0 Å². The number of anilines is 1. The van der Waals surface area contributed by atoms with Crippen molar-refractivity contribution in [1.82, 2.24) is 0 Å². The third kappa shape index (κ3) is 5.55. The Labute approximate surface area is 161 Å². The molecule has 27 heavy (non-hydrogen) atoms. The minimum Gasteiger partial charge on any atom is -0.482 e. The van der Waals surface area contributed by atoms with Crippen LogP contribution >= 0.6 is 11.3 Å². The van der Waals surface area contributed by atoms with Crippen molar-refractivity contribution >= 4 is 34.2 Å². The first kappa shape index (κ1) is 20.4. The van der Waals surface area contributed by atoms with E-state index in [9.17, 15) is 14.4 Å². The number of hydrogen-bond acceptors (Lipinski definition) is 7. The average molecular weight is 391 g/mol. The summed E-state index contributed by atoms with van der Waals surface area (Å²) in [4.78, 5) is 36.6. The minimum absolute atomic E-state index is 0.304. The van der Waals surface area contributed by atoms with Gasteiger partial charge in [0.15, 0.2) is 13.2 Å². The number of carbonyl (C=O) groups is 3. The maximum absolute atomic E-state index is 12.0. The molecule has 8 heteroatoms. The fraction of sp³-hybridized carbons (Fsp3) is 0.316. The number of ether oxygens (including phenoxy) is 3. The number of thiophene rings is 1. The van der Waals surface area contributed by atoms with Crippen molar-refractivity contribution < 1.29 is 28.6 Å². The number of hydrogen-bond donors (Lipinski definition) is 1. The second-order valence-electron chi connectivity index (χ2n) is 5.79. The van der Waals surface area contributed by atoms with E-state index < -0.39 is 24.5 Å². The highest BCUT2D eigenvalue weighted by atomic mass is 32.1. The van der Waals surface area contributed by atoms with Gasteiger partial charge in [-0.1, -0.05) is 12.1 Å². The van der Waals surface area contributed by atoms with E-state index in [0.29, 0.717) is 16.3 Å². The summed E-state index contributed by atoms with van der Waals surface area (Å²) in [6, 6.07) is 7.23. The zero-order valence-electron chi connectivity index (χ0n) is 15.6. The number of carbonyl (C=O) groups excluding carboxylic acids is 3. The summed E-state index contributed by atoms with van der Waals surface area (Å²) in [6.45, 7) is 4.74. The quantitative estimate of drug-likeness (QED) is 0.730. The highest BCUT2D eigenvalue weighted by Gasteiger charge is 2.22. The smallest absolute Gasteiger partial charge is 0.344 e. The number of nitrogens with one attached hydrogen (secondary N) is 1. The highest BCUT2D eigenvalue weighted by molar-refractivity contribution is 7.16. The van der Waals surface area contributed by atoms with Crippen LogP contribution in [-0.4, -0.2) is 38.2 Å². The summed E-state index contributed by atoms with van der Waals surface area (Å²) < 4.78 is 15.0. The molecule has 2 aromatic rings. The van der Waals surface area contributed by atoms with Gasteiger partial charge in [-0.15, -0.1) is 11.3 Å². The van der Waals surface area contributed by atoms with Crippen molar-refractivity contribution in [3.05, 3.63) is 45.8 Å². The lowest BCUT2D eigenvalue weighted by molar-refractivity contribution is -0.149. The van der Waals surface area contributed by atoms with Gasteiger partial charge in [-0.25, -0.2) is 9.59 Å². The molecule has 0 aliphatic carbocycles. The number of benzene rings is 1. The van der Waals surface area contributed by atoms with E-state index in [0.717, 1.165) is 16.0 Å². The van der Waals surface area contributed by atoms with Gasteiger partial charge in [-0.3, -0.25) is 4.79 Å². The Kier molecular flexibility index (Phi) is 6.95. The predicted octanol–water partition coefficient (Wildman–Crippen LogP) is 3.02. The monoisotopic (exact) mass is 391 g/mol. The van der Waals surface area contributed by atoms with Gasteiger partial charge in [0.2, 0.25) is 0 Å². The molecule has 0 spiro atoms. The van der Waals surface area contributed by atoms with Crippen LogP contribution < -0.4 is 10.1 Å². The number of esters is 2.